The molecule has 2 rings (SSSR count). The van der Waals surface area contributed by atoms with Crippen LogP contribution in [0.2, 0.25) is 0 Å². The predicted octanol–water partition coefficient (Wildman–Crippen LogP) is 2.32. The van der Waals surface area contributed by atoms with Crippen LogP contribution in [0.15, 0.2) is 18.2 Å². The largest absolute Gasteiger partial charge is 0.504 e. The molecule has 1 aliphatic heterocycles. The minimum absolute atomic E-state index is 0.0952. The number of hydrogen-bond acceptors (Lipinski definition) is 4. The molecular formula is C18H29N3O3. The second kappa shape index (κ2) is 8.78. The summed E-state index contributed by atoms with van der Waals surface area (Å²) in [7, 11) is 1.55. The summed E-state index contributed by atoms with van der Waals surface area (Å²) in [6.07, 6.45) is 2.26. The minimum Gasteiger partial charge on any atom is -0.504 e. The summed E-state index contributed by atoms with van der Waals surface area (Å²) in [6, 6.07) is 5.59. The van der Waals surface area contributed by atoms with E-state index in [2.05, 4.69) is 15.5 Å². The number of phenols is 1. The molecule has 0 aliphatic carbocycles. The van der Waals surface area contributed by atoms with Crippen molar-refractivity contribution < 1.29 is 14.6 Å². The molecule has 3 N–H and O–H groups in total. The Kier molecular flexibility index (Phi) is 6.73. The molecule has 24 heavy (non-hydrogen) atoms. The fourth-order valence-corrected chi connectivity index (χ4v) is 3.10. The molecule has 0 saturated carbocycles. The van der Waals surface area contributed by atoms with Gasteiger partial charge in [0.15, 0.2) is 11.5 Å². The Bertz CT molecular complexity index is 548. The average Bonchev–Trinajstić information content (AvgIpc) is 2.53. The summed E-state index contributed by atoms with van der Waals surface area (Å²) in [4.78, 5) is 14.1. The number of hydrogen-bond donors (Lipinski definition) is 3. The van der Waals surface area contributed by atoms with Crippen molar-refractivity contribution in [3.05, 3.63) is 23.8 Å². The van der Waals surface area contributed by atoms with Gasteiger partial charge in [-0.15, -0.1) is 0 Å². The van der Waals surface area contributed by atoms with Crippen LogP contribution in [0.1, 0.15) is 32.3 Å². The summed E-state index contributed by atoms with van der Waals surface area (Å²) >= 11 is 0. The van der Waals surface area contributed by atoms with Crippen molar-refractivity contribution >= 4 is 6.03 Å². The van der Waals surface area contributed by atoms with Gasteiger partial charge in [-0.2, -0.15) is 0 Å². The second-order valence-electron chi connectivity index (χ2n) is 6.76. The highest BCUT2D eigenvalue weighted by Crippen LogP contribution is 2.27. The first kappa shape index (κ1) is 18.4. The number of ether oxygens (including phenoxy) is 1. The molecule has 1 aromatic carbocycles. The molecule has 1 saturated heterocycles. The Morgan fingerprint density at radius 2 is 2.25 bits per heavy atom. The quantitative estimate of drug-likeness (QED) is 0.746. The topological polar surface area (TPSA) is 73.8 Å². The number of carbonyl (C=O) groups excluding carboxylic acids is 1. The zero-order valence-electron chi connectivity index (χ0n) is 14.8. The standard InChI is InChI=1S/C18H29N3O3/c1-13(2)20-18(23)19-10-15-5-4-8-21(12-15)11-14-6-7-17(24-3)16(22)9-14/h6-7,9,13,15,22H,4-5,8,10-12H2,1-3H3,(H2,19,20,23). The van der Waals surface area contributed by atoms with Gasteiger partial charge in [0.25, 0.3) is 0 Å². The summed E-state index contributed by atoms with van der Waals surface area (Å²) in [5.74, 6) is 1.13. The summed E-state index contributed by atoms with van der Waals surface area (Å²) in [5, 5.41) is 15.7. The number of aromatic hydroxyl groups is 1. The van der Waals surface area contributed by atoms with Gasteiger partial charge in [0.05, 0.1) is 7.11 Å². The SMILES string of the molecule is COc1ccc(CN2CCCC(CNC(=O)NC(C)C)C2)cc1O. The highest BCUT2D eigenvalue weighted by molar-refractivity contribution is 5.74. The maximum atomic E-state index is 11.7. The van der Waals surface area contributed by atoms with Crippen molar-refractivity contribution in [1.29, 1.82) is 0 Å². The monoisotopic (exact) mass is 335 g/mol. The average molecular weight is 335 g/mol. The number of urea groups is 1. The van der Waals surface area contributed by atoms with Gasteiger partial charge in [0.2, 0.25) is 0 Å². The van der Waals surface area contributed by atoms with Crippen molar-refractivity contribution in [2.45, 2.75) is 39.3 Å². The van der Waals surface area contributed by atoms with Crippen LogP contribution in [-0.2, 0) is 6.54 Å². The zero-order valence-corrected chi connectivity index (χ0v) is 14.8. The van der Waals surface area contributed by atoms with Crippen molar-refractivity contribution in [2.75, 3.05) is 26.7 Å². The zero-order chi connectivity index (χ0) is 17.5. The number of piperidine rings is 1. The van der Waals surface area contributed by atoms with E-state index in [4.69, 9.17) is 4.74 Å². The fourth-order valence-electron chi connectivity index (χ4n) is 3.10. The first-order valence-corrected chi connectivity index (χ1v) is 8.60. The third kappa shape index (κ3) is 5.60. The Morgan fingerprint density at radius 3 is 2.92 bits per heavy atom. The van der Waals surface area contributed by atoms with E-state index in [1.807, 2.05) is 19.9 Å². The van der Waals surface area contributed by atoms with Crippen LogP contribution in [0.3, 0.4) is 0 Å². The van der Waals surface area contributed by atoms with E-state index in [9.17, 15) is 9.90 Å². The Labute approximate surface area is 144 Å². The van der Waals surface area contributed by atoms with Crippen molar-refractivity contribution in [2.24, 2.45) is 5.92 Å². The van der Waals surface area contributed by atoms with Gasteiger partial charge in [-0.25, -0.2) is 4.79 Å². The molecule has 1 unspecified atom stereocenters. The predicted molar refractivity (Wildman–Crippen MR) is 94.3 cm³/mol. The summed E-state index contributed by atoms with van der Waals surface area (Å²) in [5.41, 5.74) is 1.07. The molecule has 1 heterocycles. The van der Waals surface area contributed by atoms with Gasteiger partial charge in [-0.1, -0.05) is 6.07 Å². The summed E-state index contributed by atoms with van der Waals surface area (Å²) in [6.45, 7) is 7.39. The molecule has 1 aliphatic rings. The molecule has 0 aromatic heterocycles. The van der Waals surface area contributed by atoms with E-state index < -0.39 is 0 Å². The van der Waals surface area contributed by atoms with Crippen LogP contribution in [0.4, 0.5) is 4.79 Å². The lowest BCUT2D eigenvalue weighted by Crippen LogP contribution is -2.45. The number of methoxy groups -OCH3 is 1. The van der Waals surface area contributed by atoms with Crippen LogP contribution >= 0.6 is 0 Å². The lowest BCUT2D eigenvalue weighted by atomic mass is 9.97. The van der Waals surface area contributed by atoms with Crippen LogP contribution in [0.5, 0.6) is 11.5 Å². The number of amides is 2. The third-order valence-corrected chi connectivity index (χ3v) is 4.22. The maximum Gasteiger partial charge on any atom is 0.314 e. The van der Waals surface area contributed by atoms with E-state index in [-0.39, 0.29) is 17.8 Å². The molecule has 1 fully saturated rings. The van der Waals surface area contributed by atoms with Crippen molar-refractivity contribution in [3.8, 4) is 11.5 Å². The van der Waals surface area contributed by atoms with Gasteiger partial charge < -0.3 is 20.5 Å². The summed E-state index contributed by atoms with van der Waals surface area (Å²) < 4.78 is 5.08. The van der Waals surface area contributed by atoms with Gasteiger partial charge in [-0.05, 0) is 56.8 Å². The highest BCUT2D eigenvalue weighted by Gasteiger charge is 2.21. The maximum absolute atomic E-state index is 11.7. The number of rotatable bonds is 6. The van der Waals surface area contributed by atoms with Gasteiger partial charge in [0, 0.05) is 25.7 Å². The van der Waals surface area contributed by atoms with Crippen molar-refractivity contribution in [3.63, 3.8) is 0 Å². The third-order valence-electron chi connectivity index (χ3n) is 4.22. The Balaban J connectivity index is 1.82. The molecule has 134 valence electrons. The van der Waals surface area contributed by atoms with E-state index in [0.29, 0.717) is 18.2 Å². The minimum atomic E-state index is -0.0952. The Morgan fingerprint density at radius 1 is 1.46 bits per heavy atom. The fraction of sp³-hybridized carbons (Fsp3) is 0.611. The van der Waals surface area contributed by atoms with E-state index in [1.165, 1.54) is 0 Å². The number of phenolic OH excluding ortho intramolecular Hbond substituents is 1. The van der Waals surface area contributed by atoms with E-state index in [0.717, 1.165) is 38.0 Å². The number of likely N-dealkylation sites (tertiary alicyclic amines) is 1. The van der Waals surface area contributed by atoms with Gasteiger partial charge in [-0.3, -0.25) is 4.90 Å². The first-order valence-electron chi connectivity index (χ1n) is 8.60. The number of nitrogens with one attached hydrogen (secondary N) is 2. The number of carbonyl (C=O) groups is 1. The van der Waals surface area contributed by atoms with Crippen LogP contribution in [0, 0.1) is 5.92 Å². The van der Waals surface area contributed by atoms with Gasteiger partial charge >= 0.3 is 6.03 Å². The second-order valence-corrected chi connectivity index (χ2v) is 6.76. The molecule has 1 atom stereocenters. The lowest BCUT2D eigenvalue weighted by Gasteiger charge is -2.33. The molecular weight excluding hydrogens is 306 g/mol. The number of nitrogens with zero attached hydrogens (tertiary/aromatic N) is 1. The molecule has 2 amide bonds. The molecule has 0 radical (unpaired) electrons. The first-order chi connectivity index (χ1) is 11.5. The normalized spacial score (nSPS) is 18.4. The van der Waals surface area contributed by atoms with Crippen LogP contribution in [-0.4, -0.2) is 48.8 Å². The molecule has 0 bridgehead atoms. The molecule has 6 nitrogen and oxygen atoms in total. The molecule has 1 aromatic rings. The van der Waals surface area contributed by atoms with E-state index in [1.54, 1.807) is 19.2 Å². The van der Waals surface area contributed by atoms with E-state index >= 15 is 0 Å². The van der Waals surface area contributed by atoms with Crippen LogP contribution in [0.25, 0.3) is 0 Å². The molecule has 0 spiro atoms. The lowest BCUT2D eigenvalue weighted by molar-refractivity contribution is 0.165. The van der Waals surface area contributed by atoms with Gasteiger partial charge in [0.1, 0.15) is 0 Å². The number of benzene rings is 1. The smallest absolute Gasteiger partial charge is 0.314 e. The highest BCUT2D eigenvalue weighted by atomic mass is 16.5. The van der Waals surface area contributed by atoms with Crippen LogP contribution < -0.4 is 15.4 Å². The Hall–Kier alpha value is -1.95. The van der Waals surface area contributed by atoms with Crippen molar-refractivity contribution in [1.82, 2.24) is 15.5 Å². The molecule has 6 heteroatoms.